The third-order valence-electron chi connectivity index (χ3n) is 4.23. The highest BCUT2D eigenvalue weighted by atomic mass is 16.3. The molecule has 0 spiro atoms. The fraction of sp³-hybridized carbons (Fsp3) is 1.00. The summed E-state index contributed by atoms with van der Waals surface area (Å²) in [6.07, 6.45) is 0. The molecule has 0 aromatic carbocycles. The summed E-state index contributed by atoms with van der Waals surface area (Å²) in [5.41, 5.74) is 0. The second-order valence-corrected chi connectivity index (χ2v) is 6.24. The summed E-state index contributed by atoms with van der Waals surface area (Å²) in [6, 6.07) is 0.499. The number of aliphatic hydroxyl groups is 1. The second kappa shape index (κ2) is 12.4. The predicted octanol–water partition coefficient (Wildman–Crippen LogP) is 1.99. The topological polar surface area (TPSA) is 30.0 Å². The molecule has 0 heterocycles. The number of hydrogen-bond donors (Lipinski definition) is 1. The van der Waals surface area contributed by atoms with Gasteiger partial charge in [-0.3, -0.25) is 4.90 Å². The number of nitrogens with zero attached hydrogens (tertiary/aromatic N) is 3. The van der Waals surface area contributed by atoms with Gasteiger partial charge in [0.1, 0.15) is 0 Å². The molecule has 0 atom stereocenters. The highest BCUT2D eigenvalue weighted by Crippen LogP contribution is 2.09. The molecule has 0 unspecified atom stereocenters. The van der Waals surface area contributed by atoms with Crippen LogP contribution in [0.4, 0.5) is 0 Å². The van der Waals surface area contributed by atoms with Crippen LogP contribution >= 0.6 is 0 Å². The van der Waals surface area contributed by atoms with E-state index in [1.165, 1.54) is 0 Å². The zero-order chi connectivity index (χ0) is 16.3. The van der Waals surface area contributed by atoms with Crippen LogP contribution in [0.2, 0.25) is 0 Å². The molecule has 0 aliphatic carbocycles. The number of rotatable bonds is 13. The highest BCUT2D eigenvalue weighted by molar-refractivity contribution is 4.79. The maximum atomic E-state index is 9.43. The van der Waals surface area contributed by atoms with Gasteiger partial charge >= 0.3 is 0 Å². The third-order valence-corrected chi connectivity index (χ3v) is 4.23. The molecule has 4 heteroatoms. The fourth-order valence-electron chi connectivity index (χ4n) is 2.87. The molecular weight excluding hydrogens is 262 g/mol. The van der Waals surface area contributed by atoms with Crippen molar-refractivity contribution >= 4 is 0 Å². The molecule has 0 bridgehead atoms. The lowest BCUT2D eigenvalue weighted by atomic mass is 10.1. The molecule has 128 valence electrons. The zero-order valence-electron chi connectivity index (χ0n) is 15.3. The third kappa shape index (κ3) is 8.77. The van der Waals surface area contributed by atoms with Crippen molar-refractivity contribution in [2.45, 2.75) is 47.6 Å². The van der Waals surface area contributed by atoms with Crippen LogP contribution in [0.25, 0.3) is 0 Å². The lowest BCUT2D eigenvalue weighted by molar-refractivity contribution is 0.0807. The highest BCUT2D eigenvalue weighted by Gasteiger charge is 2.22. The lowest BCUT2D eigenvalue weighted by Gasteiger charge is -2.38. The Morgan fingerprint density at radius 2 is 1.19 bits per heavy atom. The monoisotopic (exact) mass is 301 g/mol. The van der Waals surface area contributed by atoms with Gasteiger partial charge in [0.15, 0.2) is 0 Å². The Bertz CT molecular complexity index is 214. The molecule has 21 heavy (non-hydrogen) atoms. The minimum absolute atomic E-state index is 0.250. The molecule has 0 aliphatic heterocycles. The molecule has 4 nitrogen and oxygen atoms in total. The van der Waals surface area contributed by atoms with E-state index in [1.54, 1.807) is 0 Å². The first-order valence-corrected chi connectivity index (χ1v) is 8.81. The lowest BCUT2D eigenvalue weighted by Crippen LogP contribution is -2.52. The van der Waals surface area contributed by atoms with Crippen molar-refractivity contribution in [2.75, 3.05) is 59.0 Å². The van der Waals surface area contributed by atoms with E-state index in [2.05, 4.69) is 56.2 Å². The van der Waals surface area contributed by atoms with Crippen LogP contribution in [0.1, 0.15) is 41.5 Å². The first-order valence-electron chi connectivity index (χ1n) is 8.81. The summed E-state index contributed by atoms with van der Waals surface area (Å²) in [5.74, 6) is 0.632. The van der Waals surface area contributed by atoms with Gasteiger partial charge < -0.3 is 14.9 Å². The quantitative estimate of drug-likeness (QED) is 0.563. The van der Waals surface area contributed by atoms with E-state index in [1.807, 2.05) is 0 Å². The summed E-state index contributed by atoms with van der Waals surface area (Å²) in [7, 11) is 0. The van der Waals surface area contributed by atoms with E-state index < -0.39 is 0 Å². The average Bonchev–Trinajstić information content (AvgIpc) is 2.47. The van der Waals surface area contributed by atoms with Gasteiger partial charge in [0.05, 0.1) is 6.61 Å². The minimum atomic E-state index is 0.250. The van der Waals surface area contributed by atoms with Gasteiger partial charge in [0.2, 0.25) is 0 Å². The minimum Gasteiger partial charge on any atom is -0.395 e. The summed E-state index contributed by atoms with van der Waals surface area (Å²) in [4.78, 5) is 7.49. The van der Waals surface area contributed by atoms with Gasteiger partial charge in [0.25, 0.3) is 0 Å². The Morgan fingerprint density at radius 3 is 1.48 bits per heavy atom. The van der Waals surface area contributed by atoms with Crippen molar-refractivity contribution < 1.29 is 5.11 Å². The summed E-state index contributed by atoms with van der Waals surface area (Å²) in [5, 5.41) is 9.43. The normalized spacial score (nSPS) is 12.6. The maximum absolute atomic E-state index is 9.43. The largest absolute Gasteiger partial charge is 0.395 e. The van der Waals surface area contributed by atoms with Gasteiger partial charge in [-0.2, -0.15) is 0 Å². The molecule has 0 aliphatic rings. The Labute approximate surface area is 133 Å². The van der Waals surface area contributed by atoms with E-state index >= 15 is 0 Å². The summed E-state index contributed by atoms with van der Waals surface area (Å²) in [6.45, 7) is 22.1. The molecule has 0 radical (unpaired) electrons. The van der Waals surface area contributed by atoms with Crippen molar-refractivity contribution in [3.63, 3.8) is 0 Å². The Kier molecular flexibility index (Phi) is 12.3. The second-order valence-electron chi connectivity index (χ2n) is 6.24. The number of hydrogen-bond acceptors (Lipinski definition) is 4. The van der Waals surface area contributed by atoms with Crippen molar-refractivity contribution in [1.29, 1.82) is 0 Å². The fourth-order valence-corrected chi connectivity index (χ4v) is 2.87. The van der Waals surface area contributed by atoms with Crippen LogP contribution in [0, 0.1) is 5.92 Å². The molecule has 0 amide bonds. The Hall–Kier alpha value is -0.160. The predicted molar refractivity (Wildman–Crippen MR) is 92.9 cm³/mol. The Morgan fingerprint density at radius 1 is 0.762 bits per heavy atom. The van der Waals surface area contributed by atoms with Crippen LogP contribution < -0.4 is 0 Å². The molecule has 0 fully saturated rings. The van der Waals surface area contributed by atoms with Gasteiger partial charge in [-0.1, -0.05) is 41.5 Å². The SMILES string of the molecule is CCN(CC)CC(CN(CC)CC)N(CCO)CC(C)C. The average molecular weight is 302 g/mol. The summed E-state index contributed by atoms with van der Waals surface area (Å²) < 4.78 is 0. The molecular formula is C17H39N3O. The number of likely N-dealkylation sites (N-methyl/N-ethyl adjacent to an activating group) is 2. The smallest absolute Gasteiger partial charge is 0.0558 e. The molecule has 0 saturated heterocycles. The Balaban J connectivity index is 4.93. The van der Waals surface area contributed by atoms with Gasteiger partial charge in [-0.15, -0.1) is 0 Å². The van der Waals surface area contributed by atoms with Crippen LogP contribution in [-0.4, -0.2) is 84.8 Å². The first kappa shape index (κ1) is 20.8. The van der Waals surface area contributed by atoms with E-state index in [4.69, 9.17) is 0 Å². The molecule has 0 aromatic rings. The summed E-state index contributed by atoms with van der Waals surface area (Å²) >= 11 is 0. The maximum Gasteiger partial charge on any atom is 0.0558 e. The van der Waals surface area contributed by atoms with Crippen molar-refractivity contribution in [2.24, 2.45) is 5.92 Å². The van der Waals surface area contributed by atoms with E-state index in [0.29, 0.717) is 12.0 Å². The van der Waals surface area contributed by atoms with Crippen LogP contribution in [-0.2, 0) is 0 Å². The number of aliphatic hydroxyl groups excluding tert-OH is 1. The van der Waals surface area contributed by atoms with Crippen molar-refractivity contribution in [1.82, 2.24) is 14.7 Å². The van der Waals surface area contributed by atoms with Crippen LogP contribution in [0.3, 0.4) is 0 Å². The van der Waals surface area contributed by atoms with Gasteiger partial charge in [-0.05, 0) is 32.1 Å². The van der Waals surface area contributed by atoms with E-state index in [9.17, 15) is 5.11 Å². The first-order chi connectivity index (χ1) is 10.0. The van der Waals surface area contributed by atoms with Crippen molar-refractivity contribution in [3.8, 4) is 0 Å². The standard InChI is InChI=1S/C17H39N3O/c1-7-18(8-2)14-17(15-19(9-3)10-4)20(11-12-21)13-16(5)6/h16-17,21H,7-15H2,1-6H3. The zero-order valence-corrected chi connectivity index (χ0v) is 15.3. The molecule has 0 rings (SSSR count). The van der Waals surface area contributed by atoms with E-state index in [0.717, 1.165) is 52.4 Å². The van der Waals surface area contributed by atoms with Crippen LogP contribution in [0.15, 0.2) is 0 Å². The van der Waals surface area contributed by atoms with Crippen molar-refractivity contribution in [3.05, 3.63) is 0 Å². The van der Waals surface area contributed by atoms with Crippen LogP contribution in [0.5, 0.6) is 0 Å². The van der Waals surface area contributed by atoms with E-state index in [-0.39, 0.29) is 6.61 Å². The molecule has 1 N–H and O–H groups in total. The molecule has 0 saturated carbocycles. The van der Waals surface area contributed by atoms with Gasteiger partial charge in [-0.25, -0.2) is 0 Å². The van der Waals surface area contributed by atoms with Gasteiger partial charge in [0, 0.05) is 32.2 Å². The molecule has 0 aromatic heterocycles.